The molecule has 0 bridgehead atoms. The van der Waals surface area contributed by atoms with Crippen molar-refractivity contribution >= 4 is 16.9 Å². The first-order valence-corrected chi connectivity index (χ1v) is 7.02. The maximum atomic E-state index is 12.2. The summed E-state index contributed by atoms with van der Waals surface area (Å²) in [4.78, 5) is 23.4. The van der Waals surface area contributed by atoms with Gasteiger partial charge in [-0.25, -0.2) is 4.79 Å². The third-order valence-corrected chi connectivity index (χ3v) is 4.15. The Hall–Kier alpha value is -2.10. The maximum Gasteiger partial charge on any atom is 0.341 e. The van der Waals surface area contributed by atoms with Crippen molar-refractivity contribution in [2.45, 2.75) is 32.2 Å². The summed E-state index contributed by atoms with van der Waals surface area (Å²) in [5, 5.41) is 9.69. The number of carboxylic acids is 1. The molecule has 0 spiro atoms. The molecule has 0 amide bonds. The van der Waals surface area contributed by atoms with Crippen molar-refractivity contribution in [1.29, 1.82) is 0 Å². The minimum Gasteiger partial charge on any atom is -0.477 e. The topological polar surface area (TPSA) is 59.3 Å². The summed E-state index contributed by atoms with van der Waals surface area (Å²) in [6.45, 7) is 0.793. The first-order valence-electron chi connectivity index (χ1n) is 7.02. The average Bonchev–Trinajstić information content (AvgIpc) is 2.94. The van der Waals surface area contributed by atoms with E-state index in [1.807, 2.05) is 16.7 Å². The summed E-state index contributed by atoms with van der Waals surface area (Å²) in [5.74, 6) is -0.566. The summed E-state index contributed by atoms with van der Waals surface area (Å²) in [6, 6.07) is 7.25. The van der Waals surface area contributed by atoms with Crippen LogP contribution in [0.25, 0.3) is 10.9 Å². The number of nitrogens with zero attached hydrogens (tertiary/aromatic N) is 1. The number of carbonyl (C=O) groups is 1. The maximum absolute atomic E-state index is 12.2. The fourth-order valence-corrected chi connectivity index (χ4v) is 3.12. The van der Waals surface area contributed by atoms with Crippen molar-refractivity contribution in [3.63, 3.8) is 0 Å². The average molecular weight is 271 g/mol. The van der Waals surface area contributed by atoms with Gasteiger partial charge in [0.25, 0.3) is 0 Å². The Bertz CT molecular complexity index is 711. The van der Waals surface area contributed by atoms with E-state index in [1.165, 1.54) is 31.9 Å². The zero-order valence-corrected chi connectivity index (χ0v) is 11.2. The Kier molecular flexibility index (Phi) is 3.30. The Labute approximate surface area is 116 Å². The highest BCUT2D eigenvalue weighted by atomic mass is 16.4. The molecule has 1 aliphatic rings. The smallest absolute Gasteiger partial charge is 0.341 e. The molecule has 0 unspecified atom stereocenters. The van der Waals surface area contributed by atoms with Gasteiger partial charge in [-0.05, 0) is 30.9 Å². The third kappa shape index (κ3) is 2.22. The van der Waals surface area contributed by atoms with Gasteiger partial charge in [0, 0.05) is 18.1 Å². The Morgan fingerprint density at radius 1 is 1.25 bits per heavy atom. The van der Waals surface area contributed by atoms with E-state index in [1.54, 1.807) is 12.1 Å². The van der Waals surface area contributed by atoms with Crippen molar-refractivity contribution in [2.75, 3.05) is 0 Å². The Morgan fingerprint density at radius 2 is 1.95 bits per heavy atom. The lowest BCUT2D eigenvalue weighted by molar-refractivity contribution is 0.0694. The van der Waals surface area contributed by atoms with Gasteiger partial charge in [0.2, 0.25) is 5.43 Å². The number of hydrogen-bond donors (Lipinski definition) is 1. The largest absolute Gasteiger partial charge is 0.477 e. The number of aromatic nitrogens is 1. The number of carboxylic acid groups (broad SMARTS) is 1. The van der Waals surface area contributed by atoms with Gasteiger partial charge >= 0.3 is 5.97 Å². The van der Waals surface area contributed by atoms with Gasteiger partial charge in [-0.3, -0.25) is 4.79 Å². The quantitative estimate of drug-likeness (QED) is 0.933. The minimum atomic E-state index is -1.15. The zero-order valence-electron chi connectivity index (χ0n) is 11.2. The van der Waals surface area contributed by atoms with Crippen molar-refractivity contribution in [3.8, 4) is 0 Å². The van der Waals surface area contributed by atoms with Crippen molar-refractivity contribution < 1.29 is 9.90 Å². The van der Waals surface area contributed by atoms with Crippen LogP contribution in [0.15, 0.2) is 35.3 Å². The van der Waals surface area contributed by atoms with E-state index in [-0.39, 0.29) is 5.56 Å². The van der Waals surface area contributed by atoms with Gasteiger partial charge in [0.05, 0.1) is 5.52 Å². The van der Waals surface area contributed by atoms with Gasteiger partial charge in [-0.15, -0.1) is 0 Å². The third-order valence-electron chi connectivity index (χ3n) is 4.15. The van der Waals surface area contributed by atoms with Gasteiger partial charge in [0.1, 0.15) is 5.56 Å². The second kappa shape index (κ2) is 5.12. The molecule has 1 fully saturated rings. The standard InChI is InChI=1S/C16H17NO3/c18-15-12-7-3-4-8-14(12)17(10-13(15)16(19)20)9-11-5-1-2-6-11/h3-4,7-8,10-11H,1-2,5-6,9H2,(H,19,20). The molecule has 2 aromatic rings. The zero-order chi connectivity index (χ0) is 14.1. The second-order valence-electron chi connectivity index (χ2n) is 5.50. The van der Waals surface area contributed by atoms with Crippen LogP contribution in [0.5, 0.6) is 0 Å². The van der Waals surface area contributed by atoms with E-state index >= 15 is 0 Å². The lowest BCUT2D eigenvalue weighted by atomic mass is 10.1. The van der Waals surface area contributed by atoms with Crippen LogP contribution in [0.1, 0.15) is 36.0 Å². The van der Waals surface area contributed by atoms with Crippen molar-refractivity contribution in [1.82, 2.24) is 4.57 Å². The Morgan fingerprint density at radius 3 is 2.65 bits per heavy atom. The normalized spacial score (nSPS) is 15.8. The van der Waals surface area contributed by atoms with Gasteiger partial charge in [-0.2, -0.15) is 0 Å². The number of benzene rings is 1. The molecule has 1 aromatic heterocycles. The van der Waals surface area contributed by atoms with Gasteiger partial charge in [0.15, 0.2) is 0 Å². The number of rotatable bonds is 3. The molecule has 1 aromatic carbocycles. The molecule has 0 atom stereocenters. The van der Waals surface area contributed by atoms with E-state index in [4.69, 9.17) is 0 Å². The number of hydrogen-bond acceptors (Lipinski definition) is 2. The summed E-state index contributed by atoms with van der Waals surface area (Å²) in [7, 11) is 0. The molecule has 4 nitrogen and oxygen atoms in total. The predicted molar refractivity (Wildman–Crippen MR) is 77.1 cm³/mol. The van der Waals surface area contributed by atoms with E-state index in [0.29, 0.717) is 11.3 Å². The van der Waals surface area contributed by atoms with Gasteiger partial charge in [-0.1, -0.05) is 25.0 Å². The highest BCUT2D eigenvalue weighted by Crippen LogP contribution is 2.27. The molecule has 1 heterocycles. The molecule has 4 heteroatoms. The van der Waals surface area contributed by atoms with Crippen LogP contribution in [0, 0.1) is 5.92 Å². The fourth-order valence-electron chi connectivity index (χ4n) is 3.12. The van der Waals surface area contributed by atoms with E-state index in [9.17, 15) is 14.7 Å². The van der Waals surface area contributed by atoms with Crippen LogP contribution in [0.4, 0.5) is 0 Å². The number of para-hydroxylation sites is 1. The summed E-state index contributed by atoms with van der Waals surface area (Å²) >= 11 is 0. The molecule has 104 valence electrons. The predicted octanol–water partition coefficient (Wildman–Crippen LogP) is 2.89. The van der Waals surface area contributed by atoms with E-state index in [2.05, 4.69) is 0 Å². The number of fused-ring (bicyclic) bond motifs is 1. The second-order valence-corrected chi connectivity index (χ2v) is 5.50. The molecular formula is C16H17NO3. The summed E-state index contributed by atoms with van der Waals surface area (Å²) < 4.78 is 1.94. The molecular weight excluding hydrogens is 254 g/mol. The first kappa shape index (κ1) is 12.9. The lowest BCUT2D eigenvalue weighted by Gasteiger charge is -2.16. The van der Waals surface area contributed by atoms with Crippen LogP contribution >= 0.6 is 0 Å². The molecule has 1 N–H and O–H groups in total. The van der Waals surface area contributed by atoms with Crippen molar-refractivity contribution in [2.24, 2.45) is 5.92 Å². The van der Waals surface area contributed by atoms with Crippen LogP contribution < -0.4 is 5.43 Å². The molecule has 0 aliphatic heterocycles. The minimum absolute atomic E-state index is 0.137. The number of aromatic carboxylic acids is 1. The van der Waals surface area contributed by atoms with E-state index < -0.39 is 11.4 Å². The SMILES string of the molecule is O=C(O)c1cn(CC2CCCC2)c2ccccc2c1=O. The number of pyridine rings is 1. The fraction of sp³-hybridized carbons (Fsp3) is 0.375. The molecule has 1 saturated carbocycles. The van der Waals surface area contributed by atoms with Crippen LogP contribution in [0.3, 0.4) is 0 Å². The molecule has 20 heavy (non-hydrogen) atoms. The monoisotopic (exact) mass is 271 g/mol. The first-order chi connectivity index (χ1) is 9.66. The van der Waals surface area contributed by atoms with E-state index in [0.717, 1.165) is 12.1 Å². The Balaban J connectivity index is 2.16. The molecule has 1 aliphatic carbocycles. The van der Waals surface area contributed by atoms with Crippen LogP contribution in [0.2, 0.25) is 0 Å². The molecule has 0 saturated heterocycles. The summed E-state index contributed by atoms with van der Waals surface area (Å²) in [6.07, 6.45) is 6.36. The summed E-state index contributed by atoms with van der Waals surface area (Å²) in [5.41, 5.74) is 0.298. The van der Waals surface area contributed by atoms with Crippen LogP contribution in [-0.2, 0) is 6.54 Å². The van der Waals surface area contributed by atoms with Gasteiger partial charge < -0.3 is 9.67 Å². The highest BCUT2D eigenvalue weighted by molar-refractivity contribution is 5.92. The van der Waals surface area contributed by atoms with Crippen molar-refractivity contribution in [3.05, 3.63) is 46.2 Å². The molecule has 0 radical (unpaired) electrons. The highest BCUT2D eigenvalue weighted by Gasteiger charge is 2.19. The molecule has 3 rings (SSSR count). The van der Waals surface area contributed by atoms with Crippen LogP contribution in [-0.4, -0.2) is 15.6 Å². The lowest BCUT2D eigenvalue weighted by Crippen LogP contribution is -2.20.